The molecular formula is C22H24BrNO4. The lowest BCUT2D eigenvalue weighted by Crippen LogP contribution is -2.30. The van der Waals surface area contributed by atoms with Gasteiger partial charge in [0.05, 0.1) is 5.57 Å². The van der Waals surface area contributed by atoms with E-state index in [1.54, 1.807) is 24.3 Å². The summed E-state index contributed by atoms with van der Waals surface area (Å²) in [6.45, 7) is 6.23. The van der Waals surface area contributed by atoms with Gasteiger partial charge in [-0.2, -0.15) is 0 Å². The average Bonchev–Trinajstić information content (AvgIpc) is 3.19. The highest BCUT2D eigenvalue weighted by atomic mass is 79.9. The summed E-state index contributed by atoms with van der Waals surface area (Å²) in [7, 11) is 0. The number of benzene rings is 1. The predicted molar refractivity (Wildman–Crippen MR) is 111 cm³/mol. The molecule has 1 amide bonds. The minimum absolute atomic E-state index is 0.0811. The molecule has 1 N–H and O–H groups in total. The zero-order valence-corrected chi connectivity index (χ0v) is 17.9. The number of ketones is 1. The van der Waals surface area contributed by atoms with Crippen LogP contribution in [0.1, 0.15) is 54.9 Å². The number of aryl methyl sites for hydroxylation is 2. The molecule has 0 aliphatic carbocycles. The first-order valence-electron chi connectivity index (χ1n) is 9.46. The Labute approximate surface area is 173 Å². The number of hydrogen-bond donors (Lipinski definition) is 1. The van der Waals surface area contributed by atoms with Crippen molar-refractivity contribution in [1.82, 2.24) is 4.90 Å². The van der Waals surface area contributed by atoms with E-state index in [4.69, 9.17) is 4.42 Å². The van der Waals surface area contributed by atoms with Gasteiger partial charge in [0.2, 0.25) is 0 Å². The second kappa shape index (κ2) is 8.35. The van der Waals surface area contributed by atoms with Crippen molar-refractivity contribution >= 4 is 33.4 Å². The molecule has 148 valence electrons. The molecule has 0 radical (unpaired) electrons. The zero-order chi connectivity index (χ0) is 20.4. The summed E-state index contributed by atoms with van der Waals surface area (Å²) in [4.78, 5) is 27.1. The van der Waals surface area contributed by atoms with E-state index in [0.29, 0.717) is 23.6 Å². The summed E-state index contributed by atoms with van der Waals surface area (Å²) in [5.41, 5.74) is 1.50. The second-order valence-electron chi connectivity index (χ2n) is 7.11. The summed E-state index contributed by atoms with van der Waals surface area (Å²) in [6.07, 6.45) is 2.75. The number of unbranched alkanes of at least 4 members (excludes halogenated alkanes) is 2. The molecule has 1 unspecified atom stereocenters. The average molecular weight is 446 g/mol. The Morgan fingerprint density at radius 1 is 1.18 bits per heavy atom. The molecule has 6 heteroatoms. The first-order chi connectivity index (χ1) is 13.3. The van der Waals surface area contributed by atoms with Gasteiger partial charge in [-0.1, -0.05) is 41.8 Å². The fraction of sp³-hybridized carbons (Fsp3) is 0.364. The number of likely N-dealkylation sites (tertiary alicyclic amines) is 1. The maximum absolute atomic E-state index is 12.8. The van der Waals surface area contributed by atoms with Crippen LogP contribution in [0.3, 0.4) is 0 Å². The van der Waals surface area contributed by atoms with E-state index in [1.165, 1.54) is 4.90 Å². The number of aliphatic hydroxyl groups excluding tert-OH is 1. The van der Waals surface area contributed by atoms with Crippen molar-refractivity contribution in [2.45, 2.75) is 46.1 Å². The third-order valence-corrected chi connectivity index (χ3v) is 5.89. The fourth-order valence-corrected chi connectivity index (χ4v) is 3.73. The van der Waals surface area contributed by atoms with Crippen LogP contribution in [0.25, 0.3) is 5.76 Å². The lowest BCUT2D eigenvalue weighted by molar-refractivity contribution is -0.140. The van der Waals surface area contributed by atoms with Gasteiger partial charge in [-0.25, -0.2) is 0 Å². The first kappa shape index (κ1) is 20.4. The molecule has 1 aromatic carbocycles. The maximum atomic E-state index is 12.8. The summed E-state index contributed by atoms with van der Waals surface area (Å²) >= 11 is 3.44. The van der Waals surface area contributed by atoms with Gasteiger partial charge < -0.3 is 14.4 Å². The summed E-state index contributed by atoms with van der Waals surface area (Å²) in [6, 6.07) is 8.17. The molecule has 1 saturated heterocycles. The van der Waals surface area contributed by atoms with Crippen LogP contribution in [-0.4, -0.2) is 28.2 Å². The highest BCUT2D eigenvalue weighted by molar-refractivity contribution is 9.10. The highest BCUT2D eigenvalue weighted by Gasteiger charge is 2.47. The van der Waals surface area contributed by atoms with Gasteiger partial charge in [-0.15, -0.1) is 0 Å². The minimum atomic E-state index is -0.713. The number of halogens is 1. The summed E-state index contributed by atoms with van der Waals surface area (Å²) in [5, 5.41) is 11.0. The predicted octanol–water partition coefficient (Wildman–Crippen LogP) is 5.27. The molecule has 3 rings (SSSR count). The number of furan rings is 1. The molecule has 1 aromatic heterocycles. The molecule has 1 atom stereocenters. The Morgan fingerprint density at radius 3 is 2.54 bits per heavy atom. The van der Waals surface area contributed by atoms with E-state index >= 15 is 0 Å². The monoisotopic (exact) mass is 445 g/mol. The number of carbonyl (C=O) groups excluding carboxylic acids is 2. The number of nitrogens with zero attached hydrogens (tertiary/aromatic N) is 1. The van der Waals surface area contributed by atoms with Gasteiger partial charge in [-0.05, 0) is 50.1 Å². The van der Waals surface area contributed by atoms with Crippen LogP contribution in [0.5, 0.6) is 0 Å². The third kappa shape index (κ3) is 3.78. The van der Waals surface area contributed by atoms with Gasteiger partial charge in [0.1, 0.15) is 23.3 Å². The Morgan fingerprint density at radius 2 is 1.93 bits per heavy atom. The number of hydrogen-bond acceptors (Lipinski definition) is 4. The number of amides is 1. The van der Waals surface area contributed by atoms with Crippen LogP contribution in [0.2, 0.25) is 0 Å². The molecule has 0 spiro atoms. The zero-order valence-electron chi connectivity index (χ0n) is 16.3. The molecule has 2 heterocycles. The van der Waals surface area contributed by atoms with Crippen LogP contribution in [0.15, 0.2) is 44.8 Å². The smallest absolute Gasteiger partial charge is 0.295 e. The van der Waals surface area contributed by atoms with Crippen LogP contribution >= 0.6 is 15.9 Å². The van der Waals surface area contributed by atoms with Crippen molar-refractivity contribution in [3.05, 3.63) is 63.0 Å². The number of carbonyl (C=O) groups is 2. The Bertz CT molecular complexity index is 944. The molecule has 1 aliphatic heterocycles. The van der Waals surface area contributed by atoms with Gasteiger partial charge in [0.15, 0.2) is 0 Å². The van der Waals surface area contributed by atoms with Crippen molar-refractivity contribution in [2.24, 2.45) is 0 Å². The van der Waals surface area contributed by atoms with E-state index < -0.39 is 17.7 Å². The van der Waals surface area contributed by atoms with Crippen LogP contribution in [0, 0.1) is 13.8 Å². The summed E-state index contributed by atoms with van der Waals surface area (Å²) < 4.78 is 6.67. The SMILES string of the molecule is CCCCCN1C(=O)C(=O)/C(=C(\O)c2ccc(Br)c(C)c2)C1c1ccc(C)o1. The van der Waals surface area contributed by atoms with E-state index in [2.05, 4.69) is 22.9 Å². The molecule has 1 aliphatic rings. The molecular weight excluding hydrogens is 422 g/mol. The van der Waals surface area contributed by atoms with Gasteiger partial charge >= 0.3 is 0 Å². The Balaban J connectivity index is 2.11. The fourth-order valence-electron chi connectivity index (χ4n) is 3.49. The topological polar surface area (TPSA) is 70.8 Å². The molecule has 2 aromatic rings. The van der Waals surface area contributed by atoms with Crippen molar-refractivity contribution in [3.8, 4) is 0 Å². The van der Waals surface area contributed by atoms with E-state index in [-0.39, 0.29) is 11.3 Å². The normalized spacial score (nSPS) is 18.9. The van der Waals surface area contributed by atoms with Crippen LogP contribution < -0.4 is 0 Å². The molecule has 0 bridgehead atoms. The molecule has 28 heavy (non-hydrogen) atoms. The lowest BCUT2D eigenvalue weighted by Gasteiger charge is -2.23. The minimum Gasteiger partial charge on any atom is -0.507 e. The lowest BCUT2D eigenvalue weighted by atomic mass is 9.98. The number of aliphatic hydroxyl groups is 1. The highest BCUT2D eigenvalue weighted by Crippen LogP contribution is 2.40. The summed E-state index contributed by atoms with van der Waals surface area (Å²) in [5.74, 6) is -0.262. The Kier molecular flexibility index (Phi) is 6.08. The van der Waals surface area contributed by atoms with Crippen LogP contribution in [-0.2, 0) is 9.59 Å². The first-order valence-corrected chi connectivity index (χ1v) is 10.3. The van der Waals surface area contributed by atoms with Gasteiger partial charge in [0.25, 0.3) is 11.7 Å². The molecule has 0 saturated carbocycles. The van der Waals surface area contributed by atoms with E-state index in [9.17, 15) is 14.7 Å². The Hall–Kier alpha value is -2.34. The third-order valence-electron chi connectivity index (χ3n) is 5.00. The van der Waals surface area contributed by atoms with Gasteiger partial charge in [-0.3, -0.25) is 9.59 Å². The van der Waals surface area contributed by atoms with Crippen molar-refractivity contribution in [1.29, 1.82) is 0 Å². The van der Waals surface area contributed by atoms with Gasteiger partial charge in [0, 0.05) is 16.6 Å². The largest absolute Gasteiger partial charge is 0.507 e. The maximum Gasteiger partial charge on any atom is 0.295 e. The number of Topliss-reactive ketones (excluding diaryl/α,β-unsaturated/α-hetero) is 1. The second-order valence-corrected chi connectivity index (χ2v) is 7.97. The van der Waals surface area contributed by atoms with Crippen molar-refractivity contribution in [3.63, 3.8) is 0 Å². The van der Waals surface area contributed by atoms with E-state index in [0.717, 1.165) is 29.3 Å². The molecule has 5 nitrogen and oxygen atoms in total. The van der Waals surface area contributed by atoms with Crippen molar-refractivity contribution < 1.29 is 19.1 Å². The quantitative estimate of drug-likeness (QED) is 0.284. The molecule has 1 fully saturated rings. The van der Waals surface area contributed by atoms with E-state index in [1.807, 2.05) is 19.9 Å². The standard InChI is InChI=1S/C22H24BrNO4/c1-4-5-6-11-24-19(17-10-7-14(3)28-17)18(21(26)22(24)27)20(25)15-8-9-16(23)13(2)12-15/h7-10,12,19,25H,4-6,11H2,1-3H3/b20-18-. The number of rotatable bonds is 6. The van der Waals surface area contributed by atoms with Crippen LogP contribution in [0.4, 0.5) is 0 Å². The van der Waals surface area contributed by atoms with Crippen molar-refractivity contribution in [2.75, 3.05) is 6.54 Å².